The van der Waals surface area contributed by atoms with Crippen LogP contribution in [0.1, 0.15) is 36.5 Å². The third kappa shape index (κ3) is 7.93. The minimum absolute atomic E-state index is 0.121. The molecule has 0 atom stereocenters. The first kappa shape index (κ1) is 23.6. The Hall–Kier alpha value is -3.68. The van der Waals surface area contributed by atoms with Crippen LogP contribution in [0.5, 0.6) is 5.75 Å². The molecular formula is C23H28N4O4. The number of hydrogen-bond acceptors (Lipinski definition) is 5. The van der Waals surface area contributed by atoms with Crippen LogP contribution in [-0.4, -0.2) is 37.1 Å². The third-order valence-electron chi connectivity index (χ3n) is 4.40. The molecule has 31 heavy (non-hydrogen) atoms. The molecule has 0 aliphatic heterocycles. The van der Waals surface area contributed by atoms with Gasteiger partial charge < -0.3 is 15.4 Å². The zero-order valence-corrected chi connectivity index (χ0v) is 18.0. The molecule has 3 amide bonds. The summed E-state index contributed by atoms with van der Waals surface area (Å²) < 4.78 is 5.52. The van der Waals surface area contributed by atoms with E-state index in [1.54, 1.807) is 24.3 Å². The maximum Gasteiger partial charge on any atom is 0.329 e. The van der Waals surface area contributed by atoms with Gasteiger partial charge in [-0.3, -0.25) is 14.4 Å². The van der Waals surface area contributed by atoms with E-state index >= 15 is 0 Å². The highest BCUT2D eigenvalue weighted by Gasteiger charge is 2.11. The summed E-state index contributed by atoms with van der Waals surface area (Å²) >= 11 is 0. The molecule has 164 valence electrons. The molecule has 0 fully saturated rings. The largest absolute Gasteiger partial charge is 0.484 e. The Balaban J connectivity index is 1.78. The van der Waals surface area contributed by atoms with Gasteiger partial charge in [-0.25, -0.2) is 5.43 Å². The average molecular weight is 425 g/mol. The minimum atomic E-state index is -0.817. The highest BCUT2D eigenvalue weighted by atomic mass is 16.5. The van der Waals surface area contributed by atoms with Crippen molar-refractivity contribution < 1.29 is 19.1 Å². The van der Waals surface area contributed by atoms with Crippen molar-refractivity contribution in [2.24, 2.45) is 5.10 Å². The van der Waals surface area contributed by atoms with Gasteiger partial charge in [-0.2, -0.15) is 5.10 Å². The quantitative estimate of drug-likeness (QED) is 0.249. The Morgan fingerprint density at radius 1 is 1.00 bits per heavy atom. The van der Waals surface area contributed by atoms with Crippen LogP contribution in [0, 0.1) is 13.8 Å². The van der Waals surface area contributed by atoms with Crippen LogP contribution in [0.25, 0.3) is 0 Å². The fourth-order valence-electron chi connectivity index (χ4n) is 2.66. The van der Waals surface area contributed by atoms with Crippen LogP contribution in [0.15, 0.2) is 47.6 Å². The van der Waals surface area contributed by atoms with Gasteiger partial charge in [0, 0.05) is 12.2 Å². The predicted molar refractivity (Wildman–Crippen MR) is 120 cm³/mol. The van der Waals surface area contributed by atoms with Crippen molar-refractivity contribution in [1.29, 1.82) is 0 Å². The molecule has 2 aromatic carbocycles. The van der Waals surface area contributed by atoms with E-state index in [9.17, 15) is 14.4 Å². The molecule has 0 aromatic heterocycles. The van der Waals surface area contributed by atoms with Gasteiger partial charge in [-0.1, -0.05) is 31.5 Å². The molecular weight excluding hydrogens is 396 g/mol. The number of amides is 3. The lowest BCUT2D eigenvalue weighted by atomic mass is 10.1. The van der Waals surface area contributed by atoms with Gasteiger partial charge in [-0.05, 0) is 61.2 Å². The number of nitrogens with one attached hydrogen (secondary N) is 3. The van der Waals surface area contributed by atoms with E-state index in [1.165, 1.54) is 6.21 Å². The van der Waals surface area contributed by atoms with Crippen molar-refractivity contribution in [3.05, 3.63) is 59.2 Å². The van der Waals surface area contributed by atoms with Gasteiger partial charge in [0.15, 0.2) is 6.61 Å². The summed E-state index contributed by atoms with van der Waals surface area (Å²) in [6.45, 7) is 6.20. The summed E-state index contributed by atoms with van der Waals surface area (Å²) in [5.41, 5.74) is 5.64. The molecule has 8 nitrogen and oxygen atoms in total. The molecule has 0 aliphatic carbocycles. The molecule has 0 bridgehead atoms. The summed E-state index contributed by atoms with van der Waals surface area (Å²) in [5.74, 6) is -1.26. The van der Waals surface area contributed by atoms with E-state index in [-0.39, 0.29) is 12.5 Å². The number of ether oxygens (including phenoxy) is 1. The first-order valence-electron chi connectivity index (χ1n) is 10.1. The zero-order valence-electron chi connectivity index (χ0n) is 18.0. The molecule has 2 aromatic rings. The van der Waals surface area contributed by atoms with Gasteiger partial charge in [0.25, 0.3) is 5.91 Å². The average Bonchev–Trinajstić information content (AvgIpc) is 2.76. The Bertz CT molecular complexity index is 919. The molecule has 0 saturated carbocycles. The number of para-hydroxylation sites is 1. The lowest BCUT2D eigenvalue weighted by Crippen LogP contribution is -2.38. The number of carbonyl (C=O) groups excluding carboxylic acids is 3. The third-order valence-corrected chi connectivity index (χ3v) is 4.40. The second-order valence-electron chi connectivity index (χ2n) is 6.98. The number of rotatable bonds is 9. The Morgan fingerprint density at radius 3 is 2.32 bits per heavy atom. The Labute approximate surface area is 182 Å². The van der Waals surface area contributed by atoms with Crippen molar-refractivity contribution in [1.82, 2.24) is 10.7 Å². The number of carbonyl (C=O) groups is 3. The van der Waals surface area contributed by atoms with Crippen LogP contribution in [0.3, 0.4) is 0 Å². The second-order valence-corrected chi connectivity index (χ2v) is 6.98. The number of nitrogens with zero attached hydrogens (tertiary/aromatic N) is 1. The minimum Gasteiger partial charge on any atom is -0.484 e. The first-order chi connectivity index (χ1) is 14.9. The highest BCUT2D eigenvalue weighted by molar-refractivity contribution is 6.35. The van der Waals surface area contributed by atoms with Crippen LogP contribution >= 0.6 is 0 Å². The summed E-state index contributed by atoms with van der Waals surface area (Å²) in [6, 6.07) is 12.6. The highest BCUT2D eigenvalue weighted by Crippen LogP contribution is 2.19. The number of aryl methyl sites for hydroxylation is 2. The SMILES string of the molecule is CCCCNC(=O)C(=O)N/N=C\c1ccc(OCC(=O)Nc2c(C)cccc2C)cc1. The van der Waals surface area contributed by atoms with Gasteiger partial charge >= 0.3 is 11.8 Å². The Morgan fingerprint density at radius 2 is 1.68 bits per heavy atom. The van der Waals surface area contributed by atoms with Crippen molar-refractivity contribution in [3.8, 4) is 5.75 Å². The van der Waals surface area contributed by atoms with Crippen LogP contribution in [-0.2, 0) is 14.4 Å². The van der Waals surface area contributed by atoms with Crippen molar-refractivity contribution >= 4 is 29.6 Å². The maximum absolute atomic E-state index is 12.2. The van der Waals surface area contributed by atoms with Crippen molar-refractivity contribution in [2.45, 2.75) is 33.6 Å². The number of anilines is 1. The zero-order chi connectivity index (χ0) is 22.6. The van der Waals surface area contributed by atoms with Crippen LogP contribution in [0.2, 0.25) is 0 Å². The van der Waals surface area contributed by atoms with E-state index in [2.05, 4.69) is 21.2 Å². The maximum atomic E-state index is 12.2. The smallest absolute Gasteiger partial charge is 0.329 e. The lowest BCUT2D eigenvalue weighted by molar-refractivity contribution is -0.139. The van der Waals surface area contributed by atoms with Crippen molar-refractivity contribution in [2.75, 3.05) is 18.5 Å². The van der Waals surface area contributed by atoms with E-state index < -0.39 is 11.8 Å². The molecule has 0 heterocycles. The fourth-order valence-corrected chi connectivity index (χ4v) is 2.66. The van der Waals surface area contributed by atoms with Crippen LogP contribution < -0.4 is 20.8 Å². The molecule has 0 saturated heterocycles. The molecule has 2 rings (SSSR count). The van der Waals surface area contributed by atoms with Gasteiger partial charge in [0.1, 0.15) is 5.75 Å². The van der Waals surface area contributed by atoms with E-state index in [1.807, 2.05) is 39.0 Å². The summed E-state index contributed by atoms with van der Waals surface area (Å²) in [6.07, 6.45) is 3.15. The number of unbranched alkanes of at least 4 members (excludes halogenated alkanes) is 1. The second kappa shape index (κ2) is 12.1. The predicted octanol–water partition coefficient (Wildman–Crippen LogP) is 2.69. The topological polar surface area (TPSA) is 109 Å². The number of benzene rings is 2. The molecule has 0 unspecified atom stereocenters. The van der Waals surface area contributed by atoms with E-state index in [0.717, 1.165) is 29.7 Å². The van der Waals surface area contributed by atoms with Crippen LogP contribution in [0.4, 0.5) is 5.69 Å². The summed E-state index contributed by atoms with van der Waals surface area (Å²) in [5, 5.41) is 9.14. The number of hydrazone groups is 1. The van der Waals surface area contributed by atoms with Gasteiger partial charge in [-0.15, -0.1) is 0 Å². The Kier molecular flexibility index (Phi) is 9.22. The van der Waals surface area contributed by atoms with E-state index in [0.29, 0.717) is 17.9 Å². The molecule has 0 aliphatic rings. The summed E-state index contributed by atoms with van der Waals surface area (Å²) in [4.78, 5) is 35.3. The molecule has 0 radical (unpaired) electrons. The molecule has 8 heteroatoms. The number of hydrogen-bond donors (Lipinski definition) is 3. The molecule has 0 spiro atoms. The standard InChI is InChI=1S/C23H28N4O4/c1-4-5-13-24-22(29)23(30)27-25-14-18-9-11-19(12-10-18)31-15-20(28)26-21-16(2)7-6-8-17(21)3/h6-12,14H,4-5,13,15H2,1-3H3,(H,24,29)(H,26,28)(H,27,30)/b25-14-. The van der Waals surface area contributed by atoms with E-state index in [4.69, 9.17) is 4.74 Å². The monoisotopic (exact) mass is 424 g/mol. The fraction of sp³-hybridized carbons (Fsp3) is 0.304. The van der Waals surface area contributed by atoms with Gasteiger partial charge in [0.05, 0.1) is 6.21 Å². The van der Waals surface area contributed by atoms with Crippen molar-refractivity contribution in [3.63, 3.8) is 0 Å². The summed E-state index contributed by atoms with van der Waals surface area (Å²) in [7, 11) is 0. The lowest BCUT2D eigenvalue weighted by Gasteiger charge is -2.12. The van der Waals surface area contributed by atoms with Gasteiger partial charge in [0.2, 0.25) is 0 Å². The first-order valence-corrected chi connectivity index (χ1v) is 10.1. The molecule has 3 N–H and O–H groups in total. The normalized spacial score (nSPS) is 10.5.